The Morgan fingerprint density at radius 3 is 2.71 bits per heavy atom. The van der Waals surface area contributed by atoms with E-state index in [4.69, 9.17) is 9.26 Å². The minimum atomic E-state index is 0.267. The van der Waals surface area contributed by atoms with Gasteiger partial charge in [-0.3, -0.25) is 9.80 Å². The SMILES string of the molecule is COc1cccc(CN2CCC3(CC2)CC(c2noc(C(C)C)n2)N(C)C3)n1. The molecule has 2 saturated heterocycles. The lowest BCUT2D eigenvalue weighted by Crippen LogP contribution is -2.41. The van der Waals surface area contributed by atoms with Gasteiger partial charge in [0.1, 0.15) is 0 Å². The molecule has 4 heterocycles. The van der Waals surface area contributed by atoms with Gasteiger partial charge in [0.05, 0.1) is 18.8 Å². The van der Waals surface area contributed by atoms with E-state index >= 15 is 0 Å². The van der Waals surface area contributed by atoms with E-state index in [1.54, 1.807) is 7.11 Å². The third-order valence-electron chi connectivity index (χ3n) is 6.29. The summed E-state index contributed by atoms with van der Waals surface area (Å²) in [5.41, 5.74) is 1.43. The van der Waals surface area contributed by atoms with Crippen LogP contribution < -0.4 is 4.74 Å². The Bertz CT molecular complexity index is 798. The van der Waals surface area contributed by atoms with Crippen LogP contribution in [0.1, 0.15) is 62.5 Å². The lowest BCUT2D eigenvalue weighted by Gasteiger charge is -2.39. The second-order valence-corrected chi connectivity index (χ2v) is 8.73. The van der Waals surface area contributed by atoms with Crippen molar-refractivity contribution in [2.45, 2.75) is 51.6 Å². The number of pyridine rings is 1. The first-order chi connectivity index (χ1) is 13.5. The van der Waals surface area contributed by atoms with Gasteiger partial charge in [0.15, 0.2) is 5.82 Å². The summed E-state index contributed by atoms with van der Waals surface area (Å²) in [6.45, 7) is 8.36. The Morgan fingerprint density at radius 2 is 2.04 bits per heavy atom. The van der Waals surface area contributed by atoms with E-state index in [1.165, 1.54) is 12.8 Å². The van der Waals surface area contributed by atoms with Crippen molar-refractivity contribution < 1.29 is 9.26 Å². The van der Waals surface area contributed by atoms with E-state index in [9.17, 15) is 0 Å². The number of piperidine rings is 1. The number of aromatic nitrogens is 3. The molecule has 1 spiro atoms. The van der Waals surface area contributed by atoms with Gasteiger partial charge in [0.25, 0.3) is 0 Å². The van der Waals surface area contributed by atoms with Gasteiger partial charge in [0, 0.05) is 25.1 Å². The molecule has 4 rings (SSSR count). The Balaban J connectivity index is 1.37. The molecule has 7 nitrogen and oxygen atoms in total. The summed E-state index contributed by atoms with van der Waals surface area (Å²) in [5, 5.41) is 4.28. The molecule has 0 radical (unpaired) electrons. The fourth-order valence-corrected chi connectivity index (χ4v) is 4.61. The molecule has 1 unspecified atom stereocenters. The number of hydrogen-bond acceptors (Lipinski definition) is 7. The van der Waals surface area contributed by atoms with Crippen molar-refractivity contribution in [3.05, 3.63) is 35.6 Å². The van der Waals surface area contributed by atoms with Crippen molar-refractivity contribution in [3.8, 4) is 5.88 Å². The number of hydrogen-bond donors (Lipinski definition) is 0. The van der Waals surface area contributed by atoms with Crippen LogP contribution in [0.4, 0.5) is 0 Å². The number of nitrogens with zero attached hydrogens (tertiary/aromatic N) is 5. The fraction of sp³-hybridized carbons (Fsp3) is 0.667. The second-order valence-electron chi connectivity index (χ2n) is 8.73. The summed E-state index contributed by atoms with van der Waals surface area (Å²) >= 11 is 0. The first-order valence-electron chi connectivity index (χ1n) is 10.2. The molecular formula is C21H31N5O2. The van der Waals surface area contributed by atoms with Gasteiger partial charge in [-0.2, -0.15) is 4.98 Å². The number of rotatable bonds is 5. The Kier molecular flexibility index (Phi) is 5.38. The van der Waals surface area contributed by atoms with Gasteiger partial charge in [-0.05, 0) is 50.9 Å². The van der Waals surface area contributed by atoms with Gasteiger partial charge >= 0.3 is 0 Å². The highest BCUT2D eigenvalue weighted by atomic mass is 16.5. The predicted molar refractivity (Wildman–Crippen MR) is 106 cm³/mol. The zero-order valence-corrected chi connectivity index (χ0v) is 17.4. The van der Waals surface area contributed by atoms with E-state index < -0.39 is 0 Å². The van der Waals surface area contributed by atoms with Crippen LogP contribution in [0.3, 0.4) is 0 Å². The molecule has 0 amide bonds. The summed E-state index contributed by atoms with van der Waals surface area (Å²) < 4.78 is 10.7. The molecule has 2 aromatic heterocycles. The summed E-state index contributed by atoms with van der Waals surface area (Å²) in [7, 11) is 3.86. The highest BCUT2D eigenvalue weighted by Crippen LogP contribution is 2.47. The van der Waals surface area contributed by atoms with Crippen LogP contribution in [-0.4, -0.2) is 58.7 Å². The fourth-order valence-electron chi connectivity index (χ4n) is 4.61. The zero-order valence-electron chi connectivity index (χ0n) is 17.4. The molecule has 0 N–H and O–H groups in total. The standard InChI is InChI=1S/C21H31N5O2/c1-15(2)20-23-19(24-28-20)17-12-21(14-25(17)3)8-10-26(11-9-21)13-16-6-5-7-18(22-16)27-4/h5-7,15,17H,8-14H2,1-4H3. The molecule has 2 aromatic rings. The van der Waals surface area contributed by atoms with Gasteiger partial charge in [-0.15, -0.1) is 0 Å². The molecule has 2 aliphatic rings. The van der Waals surface area contributed by atoms with Crippen LogP contribution in [0.25, 0.3) is 0 Å². The number of likely N-dealkylation sites (tertiary alicyclic amines) is 2. The van der Waals surface area contributed by atoms with E-state index in [1.807, 2.05) is 12.1 Å². The molecule has 0 bridgehead atoms. The van der Waals surface area contributed by atoms with Gasteiger partial charge in [0.2, 0.25) is 11.8 Å². The highest BCUT2D eigenvalue weighted by Gasteiger charge is 2.46. The molecule has 2 aliphatic heterocycles. The predicted octanol–water partition coefficient (Wildman–Crippen LogP) is 3.26. The van der Waals surface area contributed by atoms with Crippen LogP contribution in [0, 0.1) is 5.41 Å². The molecule has 1 atom stereocenters. The topological polar surface area (TPSA) is 67.5 Å². The maximum atomic E-state index is 5.45. The number of methoxy groups -OCH3 is 1. The van der Waals surface area contributed by atoms with Crippen molar-refractivity contribution in [3.63, 3.8) is 0 Å². The molecule has 0 aromatic carbocycles. The number of ether oxygens (including phenoxy) is 1. The average molecular weight is 386 g/mol. The lowest BCUT2D eigenvalue weighted by atomic mass is 9.76. The first-order valence-corrected chi connectivity index (χ1v) is 10.2. The minimum absolute atomic E-state index is 0.267. The third-order valence-corrected chi connectivity index (χ3v) is 6.29. The lowest BCUT2D eigenvalue weighted by molar-refractivity contribution is 0.104. The smallest absolute Gasteiger partial charge is 0.229 e. The maximum absolute atomic E-state index is 5.45. The van der Waals surface area contributed by atoms with Crippen molar-refractivity contribution in [1.29, 1.82) is 0 Å². The molecule has 152 valence electrons. The summed E-state index contributed by atoms with van der Waals surface area (Å²) in [4.78, 5) is 14.1. The molecular weight excluding hydrogens is 354 g/mol. The largest absolute Gasteiger partial charge is 0.481 e. The highest BCUT2D eigenvalue weighted by molar-refractivity contribution is 5.16. The van der Waals surface area contributed by atoms with E-state index in [2.05, 4.69) is 51.9 Å². The van der Waals surface area contributed by atoms with Gasteiger partial charge in [-0.25, -0.2) is 4.98 Å². The van der Waals surface area contributed by atoms with Crippen molar-refractivity contribution in [2.75, 3.05) is 33.8 Å². The van der Waals surface area contributed by atoms with Crippen LogP contribution in [0.5, 0.6) is 5.88 Å². The molecule has 7 heteroatoms. The van der Waals surface area contributed by atoms with E-state index in [-0.39, 0.29) is 12.0 Å². The van der Waals surface area contributed by atoms with Gasteiger partial charge in [-0.1, -0.05) is 25.1 Å². The molecule has 0 saturated carbocycles. The first kappa shape index (κ1) is 19.3. The molecule has 28 heavy (non-hydrogen) atoms. The Hall–Kier alpha value is -1.99. The zero-order chi connectivity index (χ0) is 19.7. The van der Waals surface area contributed by atoms with Crippen LogP contribution in [0.2, 0.25) is 0 Å². The average Bonchev–Trinajstić information content (AvgIpc) is 3.29. The van der Waals surface area contributed by atoms with Crippen LogP contribution in [0.15, 0.2) is 22.7 Å². The Morgan fingerprint density at radius 1 is 1.25 bits per heavy atom. The normalized spacial score (nSPS) is 23.0. The summed E-state index contributed by atoms with van der Waals surface area (Å²) in [5.74, 6) is 2.55. The van der Waals surface area contributed by atoms with Crippen molar-refractivity contribution in [1.82, 2.24) is 24.9 Å². The third kappa shape index (κ3) is 3.91. The molecule has 0 aliphatic carbocycles. The maximum Gasteiger partial charge on any atom is 0.229 e. The van der Waals surface area contributed by atoms with Crippen molar-refractivity contribution in [2.24, 2.45) is 5.41 Å². The van der Waals surface area contributed by atoms with Crippen LogP contribution >= 0.6 is 0 Å². The van der Waals surface area contributed by atoms with Crippen LogP contribution in [-0.2, 0) is 6.54 Å². The van der Waals surface area contributed by atoms with Crippen molar-refractivity contribution >= 4 is 0 Å². The van der Waals surface area contributed by atoms with E-state index in [0.717, 1.165) is 50.0 Å². The molecule has 2 fully saturated rings. The summed E-state index contributed by atoms with van der Waals surface area (Å²) in [6.07, 6.45) is 3.52. The summed E-state index contributed by atoms with van der Waals surface area (Å²) in [6, 6.07) is 6.25. The second kappa shape index (κ2) is 7.79. The van der Waals surface area contributed by atoms with E-state index in [0.29, 0.717) is 11.3 Å². The Labute approximate surface area is 167 Å². The minimum Gasteiger partial charge on any atom is -0.481 e. The quantitative estimate of drug-likeness (QED) is 0.782. The van der Waals surface area contributed by atoms with Gasteiger partial charge < -0.3 is 9.26 Å². The monoisotopic (exact) mass is 385 g/mol.